The third-order valence-electron chi connectivity index (χ3n) is 2.80. The molecule has 2 rings (SSSR count). The molecule has 0 spiro atoms. The molecule has 3 nitrogen and oxygen atoms in total. The van der Waals surface area contributed by atoms with Gasteiger partial charge in [-0.15, -0.1) is 0 Å². The first-order valence-corrected chi connectivity index (χ1v) is 6.07. The summed E-state index contributed by atoms with van der Waals surface area (Å²) in [5.41, 5.74) is 0.314. The highest BCUT2D eigenvalue weighted by Crippen LogP contribution is 2.27. The van der Waals surface area contributed by atoms with Crippen molar-refractivity contribution in [1.29, 1.82) is 0 Å². The first-order valence-electron chi connectivity index (χ1n) is 5.69. The van der Waals surface area contributed by atoms with Crippen LogP contribution in [-0.4, -0.2) is 23.9 Å². The monoisotopic (exact) mass is 254 g/mol. The molecular formula is C12H16BClO3. The molecule has 1 aromatic rings. The quantitative estimate of drug-likeness (QED) is 0.782. The largest absolute Gasteiger partial charge is 0.508 e. The van der Waals surface area contributed by atoms with Crippen molar-refractivity contribution >= 4 is 24.2 Å². The van der Waals surface area contributed by atoms with E-state index in [0.717, 1.165) is 6.42 Å². The highest BCUT2D eigenvalue weighted by atomic mass is 35.5. The Morgan fingerprint density at radius 3 is 2.82 bits per heavy atom. The second kappa shape index (κ2) is 4.52. The number of phenolic OH excluding ortho intramolecular Hbond substituents is 1. The Morgan fingerprint density at radius 1 is 1.47 bits per heavy atom. The normalized spacial score (nSPS) is 23.8. The minimum absolute atomic E-state index is 0.0853. The fraction of sp³-hybridized carbons (Fsp3) is 0.500. The van der Waals surface area contributed by atoms with Crippen LogP contribution in [0.2, 0.25) is 5.02 Å². The standard InChI is InChI=1S/C12H16BClO3/c1-8-7-12(2,3)17-13(16-8)10-6-9(14)4-5-11(10)15/h4-6,8,15H,7H2,1-3H3/t8-/m0/s1. The number of benzene rings is 1. The van der Waals surface area contributed by atoms with Crippen molar-refractivity contribution in [3.8, 4) is 5.75 Å². The Morgan fingerprint density at radius 2 is 2.18 bits per heavy atom. The van der Waals surface area contributed by atoms with Gasteiger partial charge >= 0.3 is 7.12 Å². The van der Waals surface area contributed by atoms with Crippen molar-refractivity contribution in [3.63, 3.8) is 0 Å². The Bertz CT molecular complexity index is 422. The molecule has 1 atom stereocenters. The van der Waals surface area contributed by atoms with Gasteiger partial charge in [0.05, 0.1) is 5.60 Å². The second-order valence-electron chi connectivity index (χ2n) is 5.06. The summed E-state index contributed by atoms with van der Waals surface area (Å²) in [5, 5.41) is 10.4. The van der Waals surface area contributed by atoms with Crippen LogP contribution >= 0.6 is 11.6 Å². The number of hydrogen-bond acceptors (Lipinski definition) is 3. The number of rotatable bonds is 1. The predicted octanol–water partition coefficient (Wildman–Crippen LogP) is 2.34. The fourth-order valence-corrected chi connectivity index (χ4v) is 2.35. The Labute approximate surface area is 107 Å². The lowest BCUT2D eigenvalue weighted by atomic mass is 9.74. The van der Waals surface area contributed by atoms with Crippen molar-refractivity contribution in [2.24, 2.45) is 0 Å². The van der Waals surface area contributed by atoms with E-state index in [1.807, 2.05) is 20.8 Å². The summed E-state index contributed by atoms with van der Waals surface area (Å²) >= 11 is 5.92. The Kier molecular flexibility index (Phi) is 3.39. The van der Waals surface area contributed by atoms with Gasteiger partial charge in [0, 0.05) is 16.6 Å². The van der Waals surface area contributed by atoms with Crippen LogP contribution in [0.4, 0.5) is 0 Å². The van der Waals surface area contributed by atoms with Gasteiger partial charge in [0.1, 0.15) is 5.75 Å². The lowest BCUT2D eigenvalue weighted by molar-refractivity contribution is -0.0230. The van der Waals surface area contributed by atoms with Crippen molar-refractivity contribution in [3.05, 3.63) is 23.2 Å². The van der Waals surface area contributed by atoms with Crippen LogP contribution in [0.15, 0.2) is 18.2 Å². The van der Waals surface area contributed by atoms with E-state index in [1.165, 1.54) is 0 Å². The summed E-state index contributed by atoms with van der Waals surface area (Å²) in [6.45, 7) is 6.03. The lowest BCUT2D eigenvalue weighted by Gasteiger charge is -2.38. The molecule has 0 aliphatic carbocycles. The molecule has 1 aliphatic rings. The summed E-state index contributed by atoms with van der Waals surface area (Å²) in [4.78, 5) is 0. The van der Waals surface area contributed by atoms with Crippen LogP contribution in [0.5, 0.6) is 5.75 Å². The lowest BCUT2D eigenvalue weighted by Crippen LogP contribution is -2.51. The minimum Gasteiger partial charge on any atom is -0.508 e. The van der Waals surface area contributed by atoms with Gasteiger partial charge in [-0.05, 0) is 45.4 Å². The maximum atomic E-state index is 9.83. The molecule has 0 saturated carbocycles. The van der Waals surface area contributed by atoms with E-state index in [1.54, 1.807) is 18.2 Å². The van der Waals surface area contributed by atoms with E-state index in [0.29, 0.717) is 10.5 Å². The summed E-state index contributed by atoms with van der Waals surface area (Å²) in [6.07, 6.45) is 0.910. The zero-order valence-electron chi connectivity index (χ0n) is 10.2. The molecule has 0 radical (unpaired) electrons. The van der Waals surface area contributed by atoms with Crippen LogP contribution in [-0.2, 0) is 9.31 Å². The zero-order chi connectivity index (χ0) is 12.6. The smallest absolute Gasteiger partial charge is 0.498 e. The van der Waals surface area contributed by atoms with Gasteiger partial charge in [0.15, 0.2) is 0 Å². The minimum atomic E-state index is -0.563. The first kappa shape index (κ1) is 12.7. The van der Waals surface area contributed by atoms with Crippen molar-refractivity contribution in [2.45, 2.75) is 38.9 Å². The van der Waals surface area contributed by atoms with E-state index in [4.69, 9.17) is 20.9 Å². The van der Waals surface area contributed by atoms with Crippen LogP contribution in [0.3, 0.4) is 0 Å². The van der Waals surface area contributed by atoms with E-state index >= 15 is 0 Å². The summed E-state index contributed by atoms with van der Waals surface area (Å²) < 4.78 is 11.5. The van der Waals surface area contributed by atoms with Crippen molar-refractivity contribution in [2.75, 3.05) is 0 Å². The summed E-state index contributed by atoms with van der Waals surface area (Å²) in [5.74, 6) is 0.143. The van der Waals surface area contributed by atoms with E-state index in [-0.39, 0.29) is 17.5 Å². The average molecular weight is 255 g/mol. The second-order valence-corrected chi connectivity index (χ2v) is 5.50. The highest BCUT2D eigenvalue weighted by molar-refractivity contribution is 6.63. The zero-order valence-corrected chi connectivity index (χ0v) is 11.0. The molecule has 1 heterocycles. The molecule has 0 aromatic heterocycles. The van der Waals surface area contributed by atoms with E-state index in [9.17, 15) is 5.11 Å². The SMILES string of the molecule is C[C@H]1CC(C)(C)OB(c2cc(Cl)ccc2O)O1. The molecule has 1 fully saturated rings. The molecule has 1 N–H and O–H groups in total. The molecule has 0 bridgehead atoms. The highest BCUT2D eigenvalue weighted by Gasteiger charge is 2.39. The van der Waals surface area contributed by atoms with Gasteiger partial charge in [-0.25, -0.2) is 0 Å². The Hall–Kier alpha value is -0.705. The number of aromatic hydroxyl groups is 1. The molecule has 1 saturated heterocycles. The summed E-state index contributed by atoms with van der Waals surface area (Å²) in [7, 11) is -0.563. The Balaban J connectivity index is 2.30. The van der Waals surface area contributed by atoms with E-state index in [2.05, 4.69) is 0 Å². The molecule has 92 valence electrons. The maximum absolute atomic E-state index is 9.83. The molecule has 0 unspecified atom stereocenters. The van der Waals surface area contributed by atoms with Gasteiger partial charge in [0.2, 0.25) is 0 Å². The third-order valence-corrected chi connectivity index (χ3v) is 3.04. The predicted molar refractivity (Wildman–Crippen MR) is 68.8 cm³/mol. The molecule has 0 amide bonds. The molecular weight excluding hydrogens is 238 g/mol. The van der Waals surface area contributed by atoms with E-state index < -0.39 is 7.12 Å². The average Bonchev–Trinajstić information content (AvgIpc) is 2.18. The van der Waals surface area contributed by atoms with Gasteiger partial charge in [0.25, 0.3) is 0 Å². The van der Waals surface area contributed by atoms with Crippen LogP contribution in [0.1, 0.15) is 27.2 Å². The summed E-state index contributed by atoms with van der Waals surface area (Å²) in [6, 6.07) is 4.87. The maximum Gasteiger partial charge on any atom is 0.498 e. The first-order chi connectivity index (χ1) is 7.87. The fourth-order valence-electron chi connectivity index (χ4n) is 2.17. The molecule has 1 aliphatic heterocycles. The van der Waals surface area contributed by atoms with Gasteiger partial charge in [-0.2, -0.15) is 0 Å². The van der Waals surface area contributed by atoms with Gasteiger partial charge in [-0.1, -0.05) is 11.6 Å². The molecule has 5 heteroatoms. The third kappa shape index (κ3) is 2.95. The van der Waals surface area contributed by atoms with Crippen LogP contribution in [0, 0.1) is 0 Å². The number of halogens is 1. The number of hydrogen-bond donors (Lipinski definition) is 1. The molecule has 1 aromatic carbocycles. The van der Waals surface area contributed by atoms with Crippen molar-refractivity contribution < 1.29 is 14.4 Å². The number of phenols is 1. The molecule has 17 heavy (non-hydrogen) atoms. The van der Waals surface area contributed by atoms with Crippen LogP contribution in [0.25, 0.3) is 0 Å². The van der Waals surface area contributed by atoms with Crippen LogP contribution < -0.4 is 5.46 Å². The van der Waals surface area contributed by atoms with Gasteiger partial charge in [-0.3, -0.25) is 0 Å². The van der Waals surface area contributed by atoms with Gasteiger partial charge < -0.3 is 14.4 Å². The topological polar surface area (TPSA) is 38.7 Å². The van der Waals surface area contributed by atoms with Crippen molar-refractivity contribution in [1.82, 2.24) is 0 Å².